The number of aliphatic carboxylic acids is 1. The Kier molecular flexibility index (Phi) is 13.2. The number of amides is 3. The van der Waals surface area contributed by atoms with Crippen LogP contribution in [0.1, 0.15) is 23.3 Å². The Morgan fingerprint density at radius 1 is 0.860 bits per heavy atom. The number of carbonyl (C=O) groups excluding carboxylic acids is 3. The van der Waals surface area contributed by atoms with Gasteiger partial charge in [0.05, 0.1) is 25.3 Å². The van der Waals surface area contributed by atoms with E-state index in [1.54, 1.807) is 24.3 Å². The number of carboxylic acid groups (broad SMARTS) is 1. The molecule has 7 atom stereocenters. The van der Waals surface area contributed by atoms with Crippen molar-refractivity contribution in [2.75, 3.05) is 30.4 Å². The van der Waals surface area contributed by atoms with Crippen molar-refractivity contribution in [3.63, 3.8) is 0 Å². The Bertz CT molecular complexity index is 1630. The number of nitrogens with zero attached hydrogens (tertiary/aromatic N) is 1. The number of aliphatic hydroxyl groups excluding tert-OH is 5. The molecule has 4 rings (SSSR count). The lowest BCUT2D eigenvalue weighted by atomic mass is 9.92. The average molecular weight is 720 g/mol. The third kappa shape index (κ3) is 9.52. The summed E-state index contributed by atoms with van der Waals surface area (Å²) in [6.45, 7) is -2.25. The normalized spacial score (nSPS) is 18.6. The summed E-state index contributed by atoms with van der Waals surface area (Å²) in [5.74, 6) is -4.36. The van der Waals surface area contributed by atoms with Crippen molar-refractivity contribution in [2.24, 2.45) is 0 Å². The van der Waals surface area contributed by atoms with Crippen LogP contribution < -0.4 is 20.3 Å². The molecular formula is C33H35F2N3O11S. The van der Waals surface area contributed by atoms with Crippen molar-refractivity contribution >= 4 is 41.1 Å². The summed E-state index contributed by atoms with van der Waals surface area (Å²) < 4.78 is 32.4. The van der Waals surface area contributed by atoms with E-state index in [0.717, 1.165) is 0 Å². The van der Waals surface area contributed by atoms with Gasteiger partial charge < -0.3 is 50.9 Å². The van der Waals surface area contributed by atoms with Crippen LogP contribution in [0, 0.1) is 11.6 Å². The lowest BCUT2D eigenvalue weighted by Crippen LogP contribution is -2.57. The topological polar surface area (TPSA) is 226 Å². The number of hydrogen-bond acceptors (Lipinski definition) is 11. The van der Waals surface area contributed by atoms with Gasteiger partial charge in [-0.05, 0) is 59.7 Å². The SMILES string of the molecule is O=C(COc1ccc(C2[C@@H](SCC(O)c3ccc(F)cc3)C(=O)N2c2ccc(F)cc2)cc1)NCC(=O)N[C@@H](C(=O)O)C(O)C(O)C(O)CO. The molecule has 3 aromatic carbocycles. The average Bonchev–Trinajstić information content (AvgIpc) is 3.11. The quantitative estimate of drug-likeness (QED) is 0.0866. The number of aliphatic hydroxyl groups is 5. The number of nitrogens with one attached hydrogen (secondary N) is 2. The van der Waals surface area contributed by atoms with Crippen LogP contribution in [0.2, 0.25) is 0 Å². The van der Waals surface area contributed by atoms with Gasteiger partial charge in [-0.25, -0.2) is 13.6 Å². The van der Waals surface area contributed by atoms with Gasteiger partial charge in [0.15, 0.2) is 12.6 Å². The van der Waals surface area contributed by atoms with Crippen molar-refractivity contribution in [3.05, 3.63) is 95.6 Å². The predicted molar refractivity (Wildman–Crippen MR) is 174 cm³/mol. The molecule has 3 amide bonds. The van der Waals surface area contributed by atoms with Gasteiger partial charge in [0.2, 0.25) is 11.8 Å². The molecule has 3 aromatic rings. The largest absolute Gasteiger partial charge is 0.484 e. The smallest absolute Gasteiger partial charge is 0.329 e. The van der Waals surface area contributed by atoms with Crippen LogP contribution in [0.3, 0.4) is 0 Å². The van der Waals surface area contributed by atoms with Gasteiger partial charge in [0.25, 0.3) is 5.91 Å². The molecule has 0 bridgehead atoms. The van der Waals surface area contributed by atoms with Gasteiger partial charge in [-0.3, -0.25) is 14.4 Å². The van der Waals surface area contributed by atoms with Crippen molar-refractivity contribution in [3.8, 4) is 5.75 Å². The fourth-order valence-electron chi connectivity index (χ4n) is 5.00. The van der Waals surface area contributed by atoms with E-state index in [-0.39, 0.29) is 17.4 Å². The molecule has 50 heavy (non-hydrogen) atoms. The number of halogens is 2. The highest BCUT2D eigenvalue weighted by Crippen LogP contribution is 2.46. The van der Waals surface area contributed by atoms with Crippen molar-refractivity contribution in [2.45, 2.75) is 41.7 Å². The first-order valence-electron chi connectivity index (χ1n) is 15.1. The lowest BCUT2D eigenvalue weighted by Gasteiger charge is -2.47. The number of carbonyl (C=O) groups is 4. The van der Waals surface area contributed by atoms with Gasteiger partial charge in [0, 0.05) is 11.4 Å². The van der Waals surface area contributed by atoms with E-state index in [1.807, 2.05) is 5.32 Å². The fourth-order valence-corrected chi connectivity index (χ4v) is 6.30. The molecular weight excluding hydrogens is 684 g/mol. The molecule has 5 unspecified atom stereocenters. The van der Waals surface area contributed by atoms with Crippen LogP contribution in [0.15, 0.2) is 72.8 Å². The third-order valence-corrected chi connectivity index (χ3v) is 9.06. The van der Waals surface area contributed by atoms with Gasteiger partial charge in [-0.1, -0.05) is 24.3 Å². The van der Waals surface area contributed by atoms with Crippen molar-refractivity contribution in [1.29, 1.82) is 0 Å². The van der Waals surface area contributed by atoms with E-state index in [0.29, 0.717) is 16.8 Å². The van der Waals surface area contributed by atoms with Crippen LogP contribution in [-0.4, -0.2) is 109 Å². The van der Waals surface area contributed by atoms with Gasteiger partial charge >= 0.3 is 5.97 Å². The molecule has 1 heterocycles. The number of benzene rings is 3. The van der Waals surface area contributed by atoms with E-state index < -0.39 is 90.9 Å². The minimum Gasteiger partial charge on any atom is -0.484 e. The number of β-lactam (4-membered cyclic amide) rings is 1. The second kappa shape index (κ2) is 17.3. The molecule has 1 aliphatic heterocycles. The first-order valence-corrected chi connectivity index (χ1v) is 16.2. The number of thioether (sulfide) groups is 1. The summed E-state index contributed by atoms with van der Waals surface area (Å²) in [4.78, 5) is 50.7. The Labute approximate surface area is 288 Å². The highest BCUT2D eigenvalue weighted by atomic mass is 32.2. The maximum Gasteiger partial charge on any atom is 0.329 e. The van der Waals surface area contributed by atoms with E-state index in [9.17, 15) is 53.5 Å². The predicted octanol–water partition coefficient (Wildman–Crippen LogP) is 0.0275. The third-order valence-electron chi connectivity index (χ3n) is 7.73. The van der Waals surface area contributed by atoms with Crippen LogP contribution in [-0.2, 0) is 19.2 Å². The summed E-state index contributed by atoms with van der Waals surface area (Å²) in [6, 6.07) is 14.6. The number of rotatable bonds is 17. The molecule has 0 radical (unpaired) electrons. The zero-order chi connectivity index (χ0) is 36.5. The van der Waals surface area contributed by atoms with E-state index in [2.05, 4.69) is 5.32 Å². The molecule has 1 saturated heterocycles. The molecule has 0 saturated carbocycles. The summed E-state index contributed by atoms with van der Waals surface area (Å²) in [5, 5.41) is 61.5. The summed E-state index contributed by atoms with van der Waals surface area (Å²) in [6.07, 6.45) is -7.10. The second-order valence-corrected chi connectivity index (χ2v) is 12.4. The van der Waals surface area contributed by atoms with E-state index in [1.165, 1.54) is 65.2 Å². The van der Waals surface area contributed by atoms with Crippen LogP contribution >= 0.6 is 11.8 Å². The minimum absolute atomic E-state index is 0.135. The van der Waals surface area contributed by atoms with Gasteiger partial charge in [-0.2, -0.15) is 0 Å². The van der Waals surface area contributed by atoms with Gasteiger partial charge in [-0.15, -0.1) is 11.8 Å². The zero-order valence-electron chi connectivity index (χ0n) is 26.1. The first kappa shape index (κ1) is 38.2. The maximum atomic E-state index is 13.6. The Morgan fingerprint density at radius 2 is 1.46 bits per heavy atom. The summed E-state index contributed by atoms with van der Waals surface area (Å²) in [7, 11) is 0. The van der Waals surface area contributed by atoms with Crippen molar-refractivity contribution in [1.82, 2.24) is 10.6 Å². The minimum atomic E-state index is -2.18. The number of ether oxygens (including phenoxy) is 1. The fraction of sp³-hybridized carbons (Fsp3) is 0.333. The number of carboxylic acids is 1. The van der Waals surface area contributed by atoms with Crippen LogP contribution in [0.5, 0.6) is 5.75 Å². The molecule has 8 N–H and O–H groups in total. The molecule has 0 aliphatic carbocycles. The lowest BCUT2D eigenvalue weighted by molar-refractivity contribution is -0.151. The standard InChI is InChI=1S/C33H35F2N3O11S/c34-19-5-1-17(2-6-19)24(41)16-50-31-28(38(32(31)46)21-9-7-20(35)8-10-21)18-3-11-22(12-4-18)49-15-26(43)36-13-25(42)37-27(33(47)48)30(45)29(44)23(40)14-39/h1-12,23-24,27-31,39-41,44-45H,13-16H2,(H,36,43)(H,37,42)(H,47,48)/t23?,24?,27-,28?,29?,30?,31-/m1/s1. The molecule has 1 fully saturated rings. The molecule has 0 aromatic heterocycles. The molecule has 1 aliphatic rings. The molecule has 14 nitrogen and oxygen atoms in total. The van der Waals surface area contributed by atoms with Gasteiger partial charge in [0.1, 0.15) is 40.9 Å². The van der Waals surface area contributed by atoms with E-state index in [4.69, 9.17) is 9.84 Å². The Morgan fingerprint density at radius 3 is 2.04 bits per heavy atom. The number of hydrogen-bond donors (Lipinski definition) is 8. The molecule has 17 heteroatoms. The van der Waals surface area contributed by atoms with Crippen LogP contribution in [0.4, 0.5) is 14.5 Å². The first-order chi connectivity index (χ1) is 23.8. The summed E-state index contributed by atoms with van der Waals surface area (Å²) >= 11 is 1.21. The molecule has 268 valence electrons. The highest BCUT2D eigenvalue weighted by molar-refractivity contribution is 8.00. The molecule has 0 spiro atoms. The maximum absolute atomic E-state index is 13.6. The second-order valence-electron chi connectivity index (χ2n) is 11.2. The van der Waals surface area contributed by atoms with Crippen LogP contribution in [0.25, 0.3) is 0 Å². The number of anilines is 1. The van der Waals surface area contributed by atoms with Crippen molar-refractivity contribution < 1.29 is 63.3 Å². The highest BCUT2D eigenvalue weighted by Gasteiger charge is 2.49. The Balaban J connectivity index is 1.34. The zero-order valence-corrected chi connectivity index (χ0v) is 27.0. The monoisotopic (exact) mass is 719 g/mol. The summed E-state index contributed by atoms with van der Waals surface area (Å²) in [5.41, 5.74) is 1.62. The van der Waals surface area contributed by atoms with E-state index >= 15 is 0 Å². The Hall–Kier alpha value is -4.65.